The molecule has 0 amide bonds. The van der Waals surface area contributed by atoms with Crippen molar-refractivity contribution >= 4 is 5.78 Å². The van der Waals surface area contributed by atoms with E-state index in [0.717, 1.165) is 30.1 Å². The summed E-state index contributed by atoms with van der Waals surface area (Å²) in [5, 5.41) is 10.9. The first kappa shape index (κ1) is 7.05. The molecule has 0 saturated heterocycles. The van der Waals surface area contributed by atoms with Crippen LogP contribution in [0.5, 0.6) is 0 Å². The van der Waals surface area contributed by atoms with Crippen LogP contribution in [0, 0.1) is 53.3 Å². The minimum absolute atomic E-state index is 0.0975. The van der Waals surface area contributed by atoms with Crippen LogP contribution in [-0.4, -0.2) is 16.5 Å². The Balaban J connectivity index is 1.79. The first-order chi connectivity index (χ1) is 7.23. The average molecular weight is 202 g/mol. The van der Waals surface area contributed by atoms with Gasteiger partial charge in [-0.25, -0.2) is 0 Å². The molecular weight excluding hydrogens is 188 g/mol. The Morgan fingerprint density at radius 3 is 2.87 bits per heavy atom. The first-order valence-electron chi connectivity index (χ1n) is 6.49. The van der Waals surface area contributed by atoms with E-state index in [2.05, 4.69) is 0 Å². The maximum Gasteiger partial charge on any atom is 0.142 e. The lowest BCUT2D eigenvalue weighted by molar-refractivity contribution is -0.158. The molecule has 0 aromatic heterocycles. The Kier molecular flexibility index (Phi) is 0.722. The minimum Gasteiger partial charge on any atom is -0.389 e. The zero-order valence-electron chi connectivity index (χ0n) is 8.47. The topological polar surface area (TPSA) is 37.3 Å². The van der Waals surface area contributed by atoms with Gasteiger partial charge in [0.25, 0.3) is 0 Å². The number of hydrogen-bond donors (Lipinski definition) is 1. The van der Waals surface area contributed by atoms with Crippen molar-refractivity contribution in [3.63, 3.8) is 0 Å². The smallest absolute Gasteiger partial charge is 0.142 e. The molecule has 5 rings (SSSR count). The third-order valence-corrected chi connectivity index (χ3v) is 7.42. The van der Waals surface area contributed by atoms with Crippen molar-refractivity contribution in [2.75, 3.05) is 0 Å². The van der Waals surface area contributed by atoms with Crippen molar-refractivity contribution in [1.82, 2.24) is 0 Å². The van der Waals surface area contributed by atoms with Crippen molar-refractivity contribution in [3.05, 3.63) is 0 Å². The molecular formula is C13H14O2. The van der Waals surface area contributed by atoms with Gasteiger partial charge in [0.15, 0.2) is 0 Å². The van der Waals surface area contributed by atoms with Gasteiger partial charge < -0.3 is 5.11 Å². The molecule has 5 fully saturated rings. The summed E-state index contributed by atoms with van der Waals surface area (Å²) in [6, 6.07) is 0. The number of carbonyl (C=O) groups is 1. The maximum absolute atomic E-state index is 12.3. The molecule has 5 aliphatic carbocycles. The third kappa shape index (κ3) is 0.391. The first-order valence-corrected chi connectivity index (χ1v) is 6.49. The van der Waals surface area contributed by atoms with Crippen LogP contribution in [0.25, 0.3) is 0 Å². The molecule has 0 spiro atoms. The Morgan fingerprint density at radius 2 is 2.00 bits per heavy atom. The van der Waals surface area contributed by atoms with Crippen molar-refractivity contribution in [1.29, 1.82) is 0 Å². The highest BCUT2D eigenvalue weighted by Gasteiger charge is 2.88. The van der Waals surface area contributed by atoms with E-state index in [-0.39, 0.29) is 5.92 Å². The predicted octanol–water partition coefficient (Wildman–Crippen LogP) is 0.694. The number of fused-ring (bicyclic) bond motifs is 14. The van der Waals surface area contributed by atoms with Crippen LogP contribution in [0.3, 0.4) is 0 Å². The quantitative estimate of drug-likeness (QED) is 0.587. The van der Waals surface area contributed by atoms with E-state index < -0.39 is 5.60 Å². The van der Waals surface area contributed by atoms with Crippen LogP contribution in [0.4, 0.5) is 0 Å². The Labute approximate surface area is 88.0 Å². The van der Waals surface area contributed by atoms with Crippen LogP contribution in [0.2, 0.25) is 0 Å². The van der Waals surface area contributed by atoms with Crippen LogP contribution in [-0.2, 0) is 4.79 Å². The fourth-order valence-electron chi connectivity index (χ4n) is 7.68. The second-order valence-electron chi connectivity index (χ2n) is 7.09. The van der Waals surface area contributed by atoms with Gasteiger partial charge in [-0.15, -0.1) is 0 Å². The molecule has 2 nitrogen and oxygen atoms in total. The van der Waals surface area contributed by atoms with Gasteiger partial charge in [0.2, 0.25) is 0 Å². The van der Waals surface area contributed by atoms with Crippen molar-refractivity contribution in [2.45, 2.75) is 18.4 Å². The summed E-state index contributed by atoms with van der Waals surface area (Å²) < 4.78 is 0. The minimum atomic E-state index is -0.516. The summed E-state index contributed by atoms with van der Waals surface area (Å²) in [7, 11) is 0. The van der Waals surface area contributed by atoms with Gasteiger partial charge in [0, 0.05) is 11.8 Å². The van der Waals surface area contributed by atoms with E-state index >= 15 is 0 Å². The largest absolute Gasteiger partial charge is 0.389 e. The second-order valence-corrected chi connectivity index (χ2v) is 7.09. The van der Waals surface area contributed by atoms with Crippen LogP contribution in [0.1, 0.15) is 12.8 Å². The molecule has 2 heteroatoms. The highest BCUT2D eigenvalue weighted by atomic mass is 16.3. The predicted molar refractivity (Wildman–Crippen MR) is 50.6 cm³/mol. The summed E-state index contributed by atoms with van der Waals surface area (Å²) in [4.78, 5) is 12.3. The van der Waals surface area contributed by atoms with E-state index in [1.807, 2.05) is 0 Å². The Morgan fingerprint density at radius 1 is 1.13 bits per heavy atom. The lowest BCUT2D eigenvalue weighted by atomic mass is 9.45. The molecule has 0 aromatic carbocycles. The van der Waals surface area contributed by atoms with Crippen molar-refractivity contribution in [2.24, 2.45) is 53.3 Å². The Hall–Kier alpha value is -0.370. The normalized spacial score (nSPS) is 83.5. The zero-order chi connectivity index (χ0) is 9.69. The van der Waals surface area contributed by atoms with Gasteiger partial charge in [-0.3, -0.25) is 4.79 Å². The van der Waals surface area contributed by atoms with E-state index in [0.29, 0.717) is 29.5 Å². The van der Waals surface area contributed by atoms with E-state index in [4.69, 9.17) is 0 Å². The number of carbonyl (C=O) groups excluding carboxylic acids is 1. The lowest BCUT2D eigenvalue weighted by Gasteiger charge is -2.58. The second kappa shape index (κ2) is 1.54. The van der Waals surface area contributed by atoms with E-state index in [1.165, 1.54) is 6.42 Å². The van der Waals surface area contributed by atoms with Crippen LogP contribution < -0.4 is 0 Å². The summed E-state index contributed by atoms with van der Waals surface area (Å²) in [5.74, 6) is 5.96. The van der Waals surface area contributed by atoms with Gasteiger partial charge in [-0.2, -0.15) is 0 Å². The molecule has 10 atom stereocenters. The third-order valence-electron chi connectivity index (χ3n) is 7.42. The molecule has 10 unspecified atom stereocenters. The number of ketones is 1. The standard InChI is InChI=1S/C13H14O2/c14-12-9-3-1-4-6-5-2-13(15,10(4)9)11(12)8(5)7(3)6/h3-11,15H,1-2H2. The number of aliphatic hydroxyl groups is 1. The Bertz CT molecular complexity index is 444. The zero-order valence-corrected chi connectivity index (χ0v) is 8.47. The molecule has 5 saturated carbocycles. The van der Waals surface area contributed by atoms with Crippen LogP contribution >= 0.6 is 0 Å². The highest BCUT2D eigenvalue weighted by molar-refractivity contribution is 5.92. The van der Waals surface area contributed by atoms with Crippen molar-refractivity contribution < 1.29 is 9.90 Å². The van der Waals surface area contributed by atoms with Gasteiger partial charge in [0.05, 0.1) is 11.5 Å². The number of Topliss-reactive ketones (excluding diaryl/α,β-unsaturated/α-hetero) is 1. The van der Waals surface area contributed by atoms with Gasteiger partial charge in [-0.1, -0.05) is 0 Å². The van der Waals surface area contributed by atoms with Gasteiger partial charge in [0.1, 0.15) is 5.78 Å². The molecule has 1 N–H and O–H groups in total. The molecule has 0 aromatic rings. The number of hydrogen-bond acceptors (Lipinski definition) is 2. The summed E-state index contributed by atoms with van der Waals surface area (Å²) in [6.07, 6.45) is 2.28. The van der Waals surface area contributed by atoms with Gasteiger partial charge in [-0.05, 0) is 48.3 Å². The maximum atomic E-state index is 12.3. The highest BCUT2D eigenvalue weighted by Crippen LogP contribution is 2.86. The lowest BCUT2D eigenvalue weighted by Crippen LogP contribution is -2.58. The monoisotopic (exact) mass is 202 g/mol. The molecule has 0 radical (unpaired) electrons. The molecule has 78 valence electrons. The molecule has 2 bridgehead atoms. The van der Waals surface area contributed by atoms with Crippen LogP contribution in [0.15, 0.2) is 0 Å². The summed E-state index contributed by atoms with van der Waals surface area (Å²) >= 11 is 0. The van der Waals surface area contributed by atoms with Crippen molar-refractivity contribution in [3.8, 4) is 0 Å². The molecule has 15 heavy (non-hydrogen) atoms. The van der Waals surface area contributed by atoms with Gasteiger partial charge >= 0.3 is 0 Å². The fraction of sp³-hybridized carbons (Fsp3) is 0.923. The summed E-state index contributed by atoms with van der Waals surface area (Å²) in [5.41, 5.74) is -0.516. The molecule has 0 heterocycles. The SMILES string of the molecule is O=C1C2C3CC4C5C6CC(O)(C1C6C35)C42. The van der Waals surface area contributed by atoms with E-state index in [9.17, 15) is 9.90 Å². The number of rotatable bonds is 0. The fourth-order valence-corrected chi connectivity index (χ4v) is 7.68. The molecule has 5 aliphatic rings. The average Bonchev–Trinajstić information content (AvgIpc) is 2.78. The van der Waals surface area contributed by atoms with E-state index in [1.54, 1.807) is 0 Å². The molecule has 0 aliphatic heterocycles. The summed E-state index contributed by atoms with van der Waals surface area (Å²) in [6.45, 7) is 0.